The second-order valence-corrected chi connectivity index (χ2v) is 10.0. The third kappa shape index (κ3) is 5.11. The second-order valence-electron chi connectivity index (χ2n) is 8.16. The zero-order valence-corrected chi connectivity index (χ0v) is 18.3. The number of nitrogens with zero attached hydrogens (tertiary/aromatic N) is 3. The summed E-state index contributed by atoms with van der Waals surface area (Å²) in [4.78, 5) is 35.9. The van der Waals surface area contributed by atoms with Crippen LogP contribution >= 0.6 is 23.1 Å². The standard InChI is InChI=1S/C20H26N4O2S2/c1-13(19-23-15(10-28-19)14-6-5-7-21-9-14)22-18(26)16-11-27-12-24(16)17(25)8-20(2,3)4/h5-7,9-10,13,16H,8,11-12H2,1-4H3,(H,22,26). The van der Waals surface area contributed by atoms with Gasteiger partial charge in [-0.1, -0.05) is 20.8 Å². The van der Waals surface area contributed by atoms with Crippen LogP contribution in [0.1, 0.15) is 45.2 Å². The normalized spacial score (nSPS) is 18.1. The Balaban J connectivity index is 1.64. The lowest BCUT2D eigenvalue weighted by Gasteiger charge is -2.27. The third-order valence-corrected chi connectivity index (χ3v) is 6.43. The molecule has 3 rings (SSSR count). The fourth-order valence-corrected chi connectivity index (χ4v) is 4.98. The molecule has 2 amide bonds. The van der Waals surface area contributed by atoms with Gasteiger partial charge in [0.2, 0.25) is 11.8 Å². The van der Waals surface area contributed by atoms with Gasteiger partial charge in [0.25, 0.3) is 0 Å². The van der Waals surface area contributed by atoms with E-state index in [-0.39, 0.29) is 23.3 Å². The van der Waals surface area contributed by atoms with Crippen LogP contribution in [-0.2, 0) is 9.59 Å². The number of amides is 2. The van der Waals surface area contributed by atoms with Crippen LogP contribution in [0.15, 0.2) is 29.9 Å². The Bertz CT molecular complexity index is 832. The van der Waals surface area contributed by atoms with Crippen molar-refractivity contribution in [1.82, 2.24) is 20.2 Å². The lowest BCUT2D eigenvalue weighted by molar-refractivity contribution is -0.139. The van der Waals surface area contributed by atoms with E-state index in [0.29, 0.717) is 18.1 Å². The third-order valence-electron chi connectivity index (χ3n) is 4.40. The van der Waals surface area contributed by atoms with E-state index in [2.05, 4.69) is 15.3 Å². The minimum absolute atomic E-state index is 0.0402. The first-order valence-corrected chi connectivity index (χ1v) is 11.3. The number of rotatable bonds is 5. The monoisotopic (exact) mass is 418 g/mol. The lowest BCUT2D eigenvalue weighted by Crippen LogP contribution is -2.48. The highest BCUT2D eigenvalue weighted by molar-refractivity contribution is 7.99. The summed E-state index contributed by atoms with van der Waals surface area (Å²) in [5, 5.41) is 5.85. The van der Waals surface area contributed by atoms with Crippen LogP contribution in [0.4, 0.5) is 0 Å². The van der Waals surface area contributed by atoms with Gasteiger partial charge in [0.15, 0.2) is 0 Å². The quantitative estimate of drug-likeness (QED) is 0.801. The number of pyridine rings is 1. The Kier molecular flexibility index (Phi) is 6.40. The molecule has 2 atom stereocenters. The molecule has 8 heteroatoms. The van der Waals surface area contributed by atoms with Gasteiger partial charge in [0, 0.05) is 35.5 Å². The molecule has 6 nitrogen and oxygen atoms in total. The molecule has 1 N–H and O–H groups in total. The van der Waals surface area contributed by atoms with Crippen LogP contribution in [0.5, 0.6) is 0 Å². The van der Waals surface area contributed by atoms with Crippen LogP contribution < -0.4 is 5.32 Å². The fraction of sp³-hybridized carbons (Fsp3) is 0.500. The highest BCUT2D eigenvalue weighted by Gasteiger charge is 2.36. The summed E-state index contributed by atoms with van der Waals surface area (Å²) in [6.07, 6.45) is 3.94. The summed E-state index contributed by atoms with van der Waals surface area (Å²) < 4.78 is 0. The molecule has 0 bridgehead atoms. The molecule has 2 unspecified atom stereocenters. The lowest BCUT2D eigenvalue weighted by atomic mass is 9.91. The number of nitrogens with one attached hydrogen (secondary N) is 1. The number of carbonyl (C=O) groups is 2. The molecule has 1 aliphatic heterocycles. The topological polar surface area (TPSA) is 75.2 Å². The van der Waals surface area contributed by atoms with Gasteiger partial charge in [0.1, 0.15) is 11.0 Å². The first-order valence-electron chi connectivity index (χ1n) is 9.28. The number of thioether (sulfide) groups is 1. The molecule has 2 aromatic rings. The molecule has 0 radical (unpaired) electrons. The molecule has 1 fully saturated rings. The van der Waals surface area contributed by atoms with Crippen molar-refractivity contribution in [3.8, 4) is 11.3 Å². The van der Waals surface area contributed by atoms with Crippen molar-refractivity contribution in [2.24, 2.45) is 5.41 Å². The molecule has 3 heterocycles. The van der Waals surface area contributed by atoms with Gasteiger partial charge < -0.3 is 10.2 Å². The van der Waals surface area contributed by atoms with Crippen molar-refractivity contribution in [2.45, 2.75) is 46.2 Å². The van der Waals surface area contributed by atoms with Gasteiger partial charge in [-0.15, -0.1) is 23.1 Å². The van der Waals surface area contributed by atoms with Gasteiger partial charge in [0.05, 0.1) is 17.6 Å². The van der Waals surface area contributed by atoms with Crippen molar-refractivity contribution in [1.29, 1.82) is 0 Å². The van der Waals surface area contributed by atoms with Gasteiger partial charge in [-0.3, -0.25) is 14.6 Å². The summed E-state index contributed by atoms with van der Waals surface area (Å²) in [6.45, 7) is 8.03. The molecule has 150 valence electrons. The molecule has 28 heavy (non-hydrogen) atoms. The summed E-state index contributed by atoms with van der Waals surface area (Å²) in [6, 6.07) is 3.21. The zero-order chi connectivity index (χ0) is 20.3. The Morgan fingerprint density at radius 3 is 2.86 bits per heavy atom. The highest BCUT2D eigenvalue weighted by atomic mass is 32.2. The zero-order valence-electron chi connectivity index (χ0n) is 16.6. The number of aromatic nitrogens is 2. The average Bonchev–Trinajstić information content (AvgIpc) is 3.31. The fourth-order valence-electron chi connectivity index (χ4n) is 2.97. The Morgan fingerprint density at radius 1 is 1.39 bits per heavy atom. The molecule has 1 saturated heterocycles. The summed E-state index contributed by atoms with van der Waals surface area (Å²) in [5.41, 5.74) is 1.71. The minimum atomic E-state index is -0.417. The second kappa shape index (κ2) is 8.61. The van der Waals surface area contributed by atoms with Crippen LogP contribution in [0.2, 0.25) is 0 Å². The molecule has 0 saturated carbocycles. The Hall–Kier alpha value is -1.93. The maximum atomic E-state index is 12.8. The van der Waals surface area contributed by atoms with Crippen molar-refractivity contribution < 1.29 is 9.59 Å². The maximum absolute atomic E-state index is 12.8. The molecule has 0 aliphatic carbocycles. The number of hydrogen-bond acceptors (Lipinski definition) is 6. The SMILES string of the molecule is CC(NC(=O)C1CSCN1C(=O)CC(C)(C)C)c1nc(-c2cccnc2)cs1. The summed E-state index contributed by atoms with van der Waals surface area (Å²) >= 11 is 3.13. The highest BCUT2D eigenvalue weighted by Crippen LogP contribution is 2.28. The van der Waals surface area contributed by atoms with E-state index < -0.39 is 6.04 Å². The molecule has 2 aromatic heterocycles. The largest absolute Gasteiger partial charge is 0.345 e. The van der Waals surface area contributed by atoms with Crippen molar-refractivity contribution in [2.75, 3.05) is 11.6 Å². The number of thiazole rings is 1. The average molecular weight is 419 g/mol. The molecule has 1 aliphatic rings. The summed E-state index contributed by atoms with van der Waals surface area (Å²) in [5.74, 6) is 1.13. The van der Waals surface area contributed by atoms with E-state index in [4.69, 9.17) is 0 Å². The van der Waals surface area contributed by atoms with Crippen molar-refractivity contribution >= 4 is 34.9 Å². The van der Waals surface area contributed by atoms with E-state index in [1.165, 1.54) is 11.3 Å². The van der Waals surface area contributed by atoms with Gasteiger partial charge in [-0.2, -0.15) is 0 Å². The van der Waals surface area contributed by atoms with Crippen LogP contribution in [0.3, 0.4) is 0 Å². The molecular weight excluding hydrogens is 392 g/mol. The van der Waals surface area contributed by atoms with Crippen molar-refractivity contribution in [3.05, 3.63) is 34.9 Å². The van der Waals surface area contributed by atoms with E-state index in [0.717, 1.165) is 16.3 Å². The number of carbonyl (C=O) groups excluding carboxylic acids is 2. The molecule has 0 aromatic carbocycles. The van der Waals surface area contributed by atoms with E-state index in [1.54, 1.807) is 29.1 Å². The van der Waals surface area contributed by atoms with E-state index in [9.17, 15) is 9.59 Å². The first-order chi connectivity index (χ1) is 13.2. The minimum Gasteiger partial charge on any atom is -0.345 e. The van der Waals surface area contributed by atoms with Crippen molar-refractivity contribution in [3.63, 3.8) is 0 Å². The predicted molar refractivity (Wildman–Crippen MR) is 114 cm³/mol. The summed E-state index contributed by atoms with van der Waals surface area (Å²) in [7, 11) is 0. The Labute approximate surface area is 174 Å². The maximum Gasteiger partial charge on any atom is 0.244 e. The van der Waals surface area contributed by atoms with E-state index in [1.807, 2.05) is 45.2 Å². The van der Waals surface area contributed by atoms with Gasteiger partial charge in [-0.25, -0.2) is 4.98 Å². The van der Waals surface area contributed by atoms with Gasteiger partial charge >= 0.3 is 0 Å². The molecular formula is C20H26N4O2S2. The van der Waals surface area contributed by atoms with Gasteiger partial charge in [-0.05, 0) is 24.5 Å². The predicted octanol–water partition coefficient (Wildman–Crippen LogP) is 3.72. The van der Waals surface area contributed by atoms with E-state index >= 15 is 0 Å². The van der Waals surface area contributed by atoms with Crippen LogP contribution in [0.25, 0.3) is 11.3 Å². The van der Waals surface area contributed by atoms with Crippen LogP contribution in [0, 0.1) is 5.41 Å². The Morgan fingerprint density at radius 2 is 2.18 bits per heavy atom. The number of hydrogen-bond donors (Lipinski definition) is 1. The van der Waals surface area contributed by atoms with Crippen LogP contribution in [-0.4, -0.2) is 44.4 Å². The smallest absolute Gasteiger partial charge is 0.244 e. The molecule has 0 spiro atoms. The first kappa shape index (κ1) is 20.8.